The summed E-state index contributed by atoms with van der Waals surface area (Å²) < 4.78 is 5.22. The van der Waals surface area contributed by atoms with E-state index in [1.807, 2.05) is 78.6 Å². The van der Waals surface area contributed by atoms with Crippen LogP contribution in [0.25, 0.3) is 10.9 Å². The van der Waals surface area contributed by atoms with Crippen LogP contribution in [0.2, 0.25) is 0 Å². The minimum absolute atomic E-state index is 0.0238. The van der Waals surface area contributed by atoms with E-state index in [2.05, 4.69) is 17.1 Å². The molecule has 38 heavy (non-hydrogen) atoms. The Bertz CT molecular complexity index is 1490. The van der Waals surface area contributed by atoms with Crippen LogP contribution < -0.4 is 0 Å². The quantitative estimate of drug-likeness (QED) is 0.414. The van der Waals surface area contributed by atoms with E-state index in [9.17, 15) is 14.7 Å². The number of carbonyl (C=O) groups is 2. The fraction of sp³-hybridized carbons (Fsp3) is 0.290. The molecule has 0 bridgehead atoms. The smallest absolute Gasteiger partial charge is 0.270 e. The third-order valence-electron chi connectivity index (χ3n) is 7.63. The summed E-state index contributed by atoms with van der Waals surface area (Å²) in [5, 5.41) is 11.7. The number of amides is 2. The third kappa shape index (κ3) is 4.71. The lowest BCUT2D eigenvalue weighted by Gasteiger charge is -2.41. The fourth-order valence-corrected chi connectivity index (χ4v) is 5.46. The number of nitrogens with zero attached hydrogens (tertiary/aromatic N) is 2. The first-order valence-corrected chi connectivity index (χ1v) is 13.0. The van der Waals surface area contributed by atoms with Gasteiger partial charge in [-0.05, 0) is 48.2 Å². The van der Waals surface area contributed by atoms with Gasteiger partial charge in [-0.25, -0.2) is 0 Å². The molecule has 1 aromatic heterocycles. The predicted molar refractivity (Wildman–Crippen MR) is 145 cm³/mol. The zero-order valence-corrected chi connectivity index (χ0v) is 21.4. The Morgan fingerprint density at radius 3 is 2.58 bits per heavy atom. The van der Waals surface area contributed by atoms with Crippen molar-refractivity contribution in [1.29, 1.82) is 0 Å². The number of aromatic nitrogens is 1. The normalized spacial score (nSPS) is 19.0. The first-order chi connectivity index (χ1) is 18.4. The Hall–Kier alpha value is -3.94. The third-order valence-corrected chi connectivity index (χ3v) is 7.63. The molecular weight excluding hydrogens is 478 g/mol. The summed E-state index contributed by atoms with van der Waals surface area (Å²) in [6.45, 7) is 3.45. The molecule has 3 aromatic carbocycles. The minimum atomic E-state index is -0.966. The summed E-state index contributed by atoms with van der Waals surface area (Å²) in [5.41, 5.74) is 4.42. The van der Waals surface area contributed by atoms with Crippen LogP contribution >= 0.6 is 0 Å². The van der Waals surface area contributed by atoms with Gasteiger partial charge in [-0.2, -0.15) is 0 Å². The van der Waals surface area contributed by atoms with Crippen molar-refractivity contribution in [3.05, 3.63) is 107 Å². The SMILES string of the molecule is Cc1ccc2[nH]c(C(=O)N3CC(=O)N(Cc4cccc(C5(O)COC5)c4)[C@@H](Cc4ccccc4)C3)cc2c1. The maximum absolute atomic E-state index is 13.6. The van der Waals surface area contributed by atoms with E-state index >= 15 is 0 Å². The highest BCUT2D eigenvalue weighted by atomic mass is 16.5. The van der Waals surface area contributed by atoms with E-state index in [0.717, 1.165) is 33.2 Å². The largest absolute Gasteiger partial charge is 0.380 e. The number of hydrogen-bond acceptors (Lipinski definition) is 4. The van der Waals surface area contributed by atoms with Crippen molar-refractivity contribution in [2.45, 2.75) is 31.5 Å². The van der Waals surface area contributed by atoms with E-state index in [4.69, 9.17) is 4.74 Å². The van der Waals surface area contributed by atoms with Crippen LogP contribution in [-0.2, 0) is 28.1 Å². The van der Waals surface area contributed by atoms with Gasteiger partial charge in [0.15, 0.2) is 0 Å². The van der Waals surface area contributed by atoms with Gasteiger partial charge in [-0.3, -0.25) is 9.59 Å². The van der Waals surface area contributed by atoms with Gasteiger partial charge in [-0.15, -0.1) is 0 Å². The topological polar surface area (TPSA) is 85.9 Å². The number of benzene rings is 3. The zero-order valence-electron chi connectivity index (χ0n) is 21.4. The molecule has 3 heterocycles. The fourth-order valence-electron chi connectivity index (χ4n) is 5.46. The maximum Gasteiger partial charge on any atom is 0.270 e. The van der Waals surface area contributed by atoms with Gasteiger partial charge in [0.1, 0.15) is 17.8 Å². The standard InChI is InChI=1S/C31H31N3O4/c1-21-10-11-27-24(12-21)15-28(32-27)30(36)33-17-26(14-22-6-3-2-4-7-22)34(29(35)18-33)16-23-8-5-9-25(13-23)31(37)19-38-20-31/h2-13,15,26,32,37H,14,16-20H2,1H3/t26-/m0/s1. The molecule has 7 heteroatoms. The van der Waals surface area contributed by atoms with Gasteiger partial charge >= 0.3 is 0 Å². The second kappa shape index (κ2) is 9.74. The Balaban J connectivity index is 1.26. The van der Waals surface area contributed by atoms with E-state index in [-0.39, 0.29) is 37.6 Å². The lowest BCUT2D eigenvalue weighted by atomic mass is 9.90. The van der Waals surface area contributed by atoms with Gasteiger partial charge in [0.25, 0.3) is 5.91 Å². The second-order valence-corrected chi connectivity index (χ2v) is 10.5. The molecule has 1 atom stereocenters. The average molecular weight is 510 g/mol. The van der Waals surface area contributed by atoms with Gasteiger partial charge in [-0.1, -0.05) is 66.2 Å². The van der Waals surface area contributed by atoms with E-state index < -0.39 is 5.60 Å². The molecule has 2 aliphatic heterocycles. The van der Waals surface area contributed by atoms with Gasteiger partial charge in [0.2, 0.25) is 5.91 Å². The number of aryl methyl sites for hydroxylation is 1. The van der Waals surface area contributed by atoms with E-state index in [0.29, 0.717) is 25.2 Å². The molecule has 2 aliphatic rings. The highest BCUT2D eigenvalue weighted by Gasteiger charge is 2.39. The molecule has 7 nitrogen and oxygen atoms in total. The summed E-state index contributed by atoms with van der Waals surface area (Å²) >= 11 is 0. The van der Waals surface area contributed by atoms with Crippen LogP contribution in [0.1, 0.15) is 32.7 Å². The van der Waals surface area contributed by atoms with Crippen LogP contribution in [-0.4, -0.2) is 64.0 Å². The number of rotatable bonds is 6. The van der Waals surface area contributed by atoms with Crippen molar-refractivity contribution in [1.82, 2.24) is 14.8 Å². The van der Waals surface area contributed by atoms with Gasteiger partial charge in [0.05, 0.1) is 19.3 Å². The molecule has 2 N–H and O–H groups in total. The van der Waals surface area contributed by atoms with Crippen LogP contribution in [0.15, 0.2) is 78.9 Å². The number of hydrogen-bond donors (Lipinski definition) is 2. The van der Waals surface area contributed by atoms with Crippen molar-refractivity contribution in [3.8, 4) is 0 Å². The molecule has 6 rings (SSSR count). The molecule has 2 fully saturated rings. The van der Waals surface area contributed by atoms with Crippen molar-refractivity contribution < 1.29 is 19.4 Å². The molecule has 0 spiro atoms. The molecule has 2 amide bonds. The summed E-state index contributed by atoms with van der Waals surface area (Å²) in [5.74, 6) is -0.257. The maximum atomic E-state index is 13.6. The van der Waals surface area contributed by atoms with Crippen molar-refractivity contribution >= 4 is 22.7 Å². The zero-order chi connectivity index (χ0) is 26.3. The lowest BCUT2D eigenvalue weighted by Crippen LogP contribution is -2.58. The number of nitrogens with one attached hydrogen (secondary N) is 1. The highest BCUT2D eigenvalue weighted by molar-refractivity contribution is 6.00. The summed E-state index contributed by atoms with van der Waals surface area (Å²) in [6, 6.07) is 25.5. The molecule has 194 valence electrons. The van der Waals surface area contributed by atoms with Gasteiger partial charge < -0.3 is 24.6 Å². The molecule has 0 unspecified atom stereocenters. The van der Waals surface area contributed by atoms with Crippen molar-refractivity contribution in [2.24, 2.45) is 0 Å². The van der Waals surface area contributed by atoms with Gasteiger partial charge in [0, 0.05) is 24.0 Å². The van der Waals surface area contributed by atoms with Crippen LogP contribution in [0, 0.1) is 6.92 Å². The number of fused-ring (bicyclic) bond motifs is 1. The van der Waals surface area contributed by atoms with Crippen LogP contribution in [0.4, 0.5) is 0 Å². The number of ether oxygens (including phenoxy) is 1. The Labute approximate surface area is 221 Å². The summed E-state index contributed by atoms with van der Waals surface area (Å²) in [6.07, 6.45) is 0.639. The Morgan fingerprint density at radius 1 is 1.03 bits per heavy atom. The minimum Gasteiger partial charge on any atom is -0.380 e. The second-order valence-electron chi connectivity index (χ2n) is 10.5. The molecule has 2 saturated heterocycles. The number of piperazine rings is 1. The molecule has 0 radical (unpaired) electrons. The molecular formula is C31H31N3O4. The Morgan fingerprint density at radius 2 is 1.82 bits per heavy atom. The monoisotopic (exact) mass is 509 g/mol. The van der Waals surface area contributed by atoms with Crippen molar-refractivity contribution in [2.75, 3.05) is 26.3 Å². The average Bonchev–Trinajstić information content (AvgIpc) is 3.32. The number of aliphatic hydroxyl groups is 1. The van der Waals surface area contributed by atoms with E-state index in [1.165, 1.54) is 0 Å². The summed E-state index contributed by atoms with van der Waals surface area (Å²) in [7, 11) is 0. The number of carbonyl (C=O) groups excluding carboxylic acids is 2. The molecule has 0 aliphatic carbocycles. The summed E-state index contributed by atoms with van der Waals surface area (Å²) in [4.78, 5) is 33.9. The molecule has 0 saturated carbocycles. The van der Waals surface area contributed by atoms with Crippen LogP contribution in [0.3, 0.4) is 0 Å². The first kappa shape index (κ1) is 24.4. The van der Waals surface area contributed by atoms with Crippen LogP contribution in [0.5, 0.6) is 0 Å². The van der Waals surface area contributed by atoms with Crippen molar-refractivity contribution in [3.63, 3.8) is 0 Å². The highest BCUT2D eigenvalue weighted by Crippen LogP contribution is 2.30. The molecule has 4 aromatic rings. The number of H-pyrrole nitrogens is 1. The first-order valence-electron chi connectivity index (χ1n) is 13.0. The predicted octanol–water partition coefficient (Wildman–Crippen LogP) is 3.79. The van der Waals surface area contributed by atoms with E-state index in [1.54, 1.807) is 4.90 Å². The lowest BCUT2D eigenvalue weighted by molar-refractivity contribution is -0.184. The Kier molecular flexibility index (Phi) is 6.26. The number of aromatic amines is 1.